The van der Waals surface area contributed by atoms with Crippen molar-refractivity contribution in [1.29, 1.82) is 0 Å². The molecule has 6 rings (SSSR count). The number of halogens is 6. The fraction of sp³-hybridized carbons (Fsp3) is 0.379. The molecule has 3 aliphatic rings. The predicted octanol–water partition coefficient (Wildman–Crippen LogP) is 7.15. The van der Waals surface area contributed by atoms with E-state index < -0.39 is 58.5 Å². The maximum absolute atomic E-state index is 15.2. The number of pyridine rings is 1. The molecule has 1 unspecified atom stereocenters. The van der Waals surface area contributed by atoms with E-state index in [0.717, 1.165) is 12.1 Å². The van der Waals surface area contributed by atoms with Gasteiger partial charge >= 0.3 is 12.1 Å². The lowest BCUT2D eigenvalue weighted by atomic mass is 9.84. The van der Waals surface area contributed by atoms with Crippen molar-refractivity contribution >= 4 is 5.97 Å². The third-order valence-corrected chi connectivity index (χ3v) is 8.41. The number of ether oxygens (including phenoxy) is 1. The first kappa shape index (κ1) is 25.7. The molecule has 0 saturated heterocycles. The van der Waals surface area contributed by atoms with Gasteiger partial charge in [0.05, 0.1) is 11.5 Å². The molecular formula is C29H23F6NO3. The van der Waals surface area contributed by atoms with E-state index in [0.29, 0.717) is 17.5 Å². The molecule has 1 saturated carbocycles. The summed E-state index contributed by atoms with van der Waals surface area (Å²) in [6.45, 7) is 3.33. The van der Waals surface area contributed by atoms with Crippen molar-refractivity contribution in [3.8, 4) is 5.88 Å². The summed E-state index contributed by atoms with van der Waals surface area (Å²) in [5.74, 6) is -9.34. The topological polar surface area (TPSA) is 59.4 Å². The third-order valence-electron chi connectivity index (χ3n) is 8.41. The minimum absolute atomic E-state index is 0.0591. The molecule has 1 aromatic heterocycles. The maximum Gasteiger partial charge on any atom is 0.416 e. The molecule has 0 radical (unpaired) electrons. The fourth-order valence-corrected chi connectivity index (χ4v) is 6.56. The van der Waals surface area contributed by atoms with Gasteiger partial charge in [0.25, 0.3) is 5.92 Å². The second-order valence-electron chi connectivity index (χ2n) is 11.2. The Bertz CT molecular complexity index is 1520. The fourth-order valence-electron chi connectivity index (χ4n) is 6.56. The van der Waals surface area contributed by atoms with Crippen LogP contribution in [0.1, 0.15) is 71.0 Å². The molecule has 0 amide bonds. The van der Waals surface area contributed by atoms with Gasteiger partial charge in [-0.05, 0) is 52.3 Å². The van der Waals surface area contributed by atoms with Crippen LogP contribution in [0.3, 0.4) is 0 Å². The Morgan fingerprint density at radius 3 is 2.49 bits per heavy atom. The van der Waals surface area contributed by atoms with Crippen LogP contribution in [0.4, 0.5) is 26.3 Å². The van der Waals surface area contributed by atoms with Gasteiger partial charge in [-0.15, -0.1) is 0 Å². The number of carboxylic acids is 1. The molecule has 4 atom stereocenters. The number of fused-ring (bicyclic) bond motifs is 4. The second-order valence-corrected chi connectivity index (χ2v) is 11.2. The lowest BCUT2D eigenvalue weighted by Gasteiger charge is -2.21. The highest BCUT2D eigenvalue weighted by molar-refractivity contribution is 5.78. The summed E-state index contributed by atoms with van der Waals surface area (Å²) < 4.78 is 91.8. The number of carbonyl (C=O) groups is 1. The van der Waals surface area contributed by atoms with Gasteiger partial charge in [0, 0.05) is 41.1 Å². The van der Waals surface area contributed by atoms with E-state index in [1.54, 1.807) is 6.07 Å². The molecule has 2 aromatic carbocycles. The number of hydrogen-bond acceptors (Lipinski definition) is 3. The number of benzene rings is 2. The Labute approximate surface area is 219 Å². The number of alkyl halides is 5. The van der Waals surface area contributed by atoms with Crippen molar-refractivity contribution in [1.82, 2.24) is 4.98 Å². The summed E-state index contributed by atoms with van der Waals surface area (Å²) in [4.78, 5) is 15.3. The van der Waals surface area contributed by atoms with Crippen LogP contribution in [0.15, 0.2) is 48.7 Å². The molecule has 0 aliphatic heterocycles. The zero-order valence-electron chi connectivity index (χ0n) is 20.8. The molecule has 4 nitrogen and oxygen atoms in total. The Kier molecular flexibility index (Phi) is 5.42. The first-order valence-electron chi connectivity index (χ1n) is 12.4. The monoisotopic (exact) mass is 547 g/mol. The second kappa shape index (κ2) is 8.22. The van der Waals surface area contributed by atoms with Crippen molar-refractivity contribution in [2.24, 2.45) is 11.8 Å². The zero-order valence-corrected chi connectivity index (χ0v) is 20.8. The Morgan fingerprint density at radius 2 is 1.79 bits per heavy atom. The van der Waals surface area contributed by atoms with Crippen molar-refractivity contribution < 1.29 is 41.0 Å². The Balaban J connectivity index is 1.30. The third kappa shape index (κ3) is 3.90. The van der Waals surface area contributed by atoms with Gasteiger partial charge in [-0.1, -0.05) is 32.0 Å². The highest BCUT2D eigenvalue weighted by Crippen LogP contribution is 2.70. The average Bonchev–Trinajstić information content (AvgIpc) is 3.52. The van der Waals surface area contributed by atoms with E-state index in [1.807, 2.05) is 13.8 Å². The van der Waals surface area contributed by atoms with Crippen LogP contribution < -0.4 is 4.74 Å². The van der Waals surface area contributed by atoms with Crippen molar-refractivity contribution in [2.45, 2.75) is 56.2 Å². The minimum Gasteiger partial charge on any atom is -0.481 e. The number of nitrogens with zero attached hydrogens (tertiary/aromatic N) is 1. The van der Waals surface area contributed by atoms with E-state index in [4.69, 9.17) is 4.74 Å². The minimum atomic E-state index is -4.55. The van der Waals surface area contributed by atoms with E-state index in [9.17, 15) is 31.9 Å². The lowest BCUT2D eigenvalue weighted by molar-refractivity contribution is -0.141. The quantitative estimate of drug-likeness (QED) is 0.345. The van der Waals surface area contributed by atoms with Gasteiger partial charge in [-0.25, -0.2) is 18.2 Å². The van der Waals surface area contributed by atoms with Gasteiger partial charge in [-0.2, -0.15) is 13.2 Å². The molecule has 3 aromatic rings. The van der Waals surface area contributed by atoms with Crippen LogP contribution in [-0.2, 0) is 28.9 Å². The molecule has 0 bridgehead atoms. The highest BCUT2D eigenvalue weighted by atomic mass is 19.4. The van der Waals surface area contributed by atoms with Crippen LogP contribution >= 0.6 is 0 Å². The highest BCUT2D eigenvalue weighted by Gasteiger charge is 2.73. The summed E-state index contributed by atoms with van der Waals surface area (Å²) >= 11 is 0. The standard InChI is InChI=1S/C29H23F6NO3/c1-27(2)10-16(14-5-3-4-6-18(14)29(33,34)35)15-7-13(21(30)8-19(15)27)12-39-22-9-20-17(11-36-22)23-24(26(37)38)25(23)28(20,31)32/h3-9,11,16,23-25H,10,12H2,1-2H3,(H,37,38)/t16?,23-,24-,25-/m1/s1. The summed E-state index contributed by atoms with van der Waals surface area (Å²) in [5.41, 5.74) is -0.173. The van der Waals surface area contributed by atoms with Gasteiger partial charge in [-0.3, -0.25) is 4.79 Å². The number of rotatable bonds is 5. The van der Waals surface area contributed by atoms with Crippen LogP contribution in [0, 0.1) is 17.7 Å². The molecule has 1 N–H and O–H groups in total. The van der Waals surface area contributed by atoms with Crippen molar-refractivity contribution in [3.63, 3.8) is 0 Å². The SMILES string of the molecule is CC1(C)CC(c2ccccc2C(F)(F)F)c2cc(COc3cc4c(cn3)[C@@H]3[C@@H](C(=O)O)[C@@H]3C4(F)F)c(F)cc21. The Hall–Kier alpha value is -3.56. The van der Waals surface area contributed by atoms with Crippen LogP contribution in [0.25, 0.3) is 0 Å². The lowest BCUT2D eigenvalue weighted by Crippen LogP contribution is -2.19. The number of hydrogen-bond donors (Lipinski definition) is 1. The molecule has 10 heteroatoms. The molecule has 39 heavy (non-hydrogen) atoms. The van der Waals surface area contributed by atoms with Gasteiger partial charge in [0.2, 0.25) is 5.88 Å². The molecule has 0 spiro atoms. The van der Waals surface area contributed by atoms with Gasteiger partial charge in [0.15, 0.2) is 0 Å². The van der Waals surface area contributed by atoms with E-state index in [-0.39, 0.29) is 34.7 Å². The maximum atomic E-state index is 15.2. The zero-order chi connectivity index (χ0) is 28.1. The first-order chi connectivity index (χ1) is 18.2. The average molecular weight is 547 g/mol. The van der Waals surface area contributed by atoms with E-state index in [2.05, 4.69) is 4.98 Å². The molecule has 204 valence electrons. The van der Waals surface area contributed by atoms with Gasteiger partial charge in [0.1, 0.15) is 12.4 Å². The van der Waals surface area contributed by atoms with Crippen LogP contribution in [0.2, 0.25) is 0 Å². The van der Waals surface area contributed by atoms with Crippen LogP contribution in [-0.4, -0.2) is 16.1 Å². The van der Waals surface area contributed by atoms with Crippen LogP contribution in [0.5, 0.6) is 5.88 Å². The number of aliphatic carboxylic acids is 1. The normalized spacial score (nSPS) is 25.5. The molecular weight excluding hydrogens is 524 g/mol. The summed E-state index contributed by atoms with van der Waals surface area (Å²) in [6.07, 6.45) is -3.03. The smallest absolute Gasteiger partial charge is 0.416 e. The number of carboxylic acid groups (broad SMARTS) is 1. The van der Waals surface area contributed by atoms with E-state index in [1.165, 1.54) is 30.5 Å². The Morgan fingerprint density at radius 1 is 1.08 bits per heavy atom. The van der Waals surface area contributed by atoms with Crippen molar-refractivity contribution in [2.75, 3.05) is 0 Å². The largest absolute Gasteiger partial charge is 0.481 e. The summed E-state index contributed by atoms with van der Waals surface area (Å²) in [5, 5.41) is 9.18. The van der Waals surface area contributed by atoms with Crippen molar-refractivity contribution in [3.05, 3.63) is 93.4 Å². The van der Waals surface area contributed by atoms with Gasteiger partial charge < -0.3 is 9.84 Å². The summed E-state index contributed by atoms with van der Waals surface area (Å²) in [6, 6.07) is 9.20. The number of aromatic nitrogens is 1. The molecule has 1 heterocycles. The van der Waals surface area contributed by atoms with E-state index >= 15 is 4.39 Å². The molecule has 1 fully saturated rings. The predicted molar refractivity (Wildman–Crippen MR) is 127 cm³/mol. The first-order valence-corrected chi connectivity index (χ1v) is 12.4. The molecule has 3 aliphatic carbocycles. The summed E-state index contributed by atoms with van der Waals surface area (Å²) in [7, 11) is 0.